The van der Waals surface area contributed by atoms with Gasteiger partial charge in [-0.25, -0.2) is 4.98 Å². The average Bonchev–Trinajstić information content (AvgIpc) is 3.34. The van der Waals surface area contributed by atoms with Gasteiger partial charge in [-0.05, 0) is 18.2 Å². The summed E-state index contributed by atoms with van der Waals surface area (Å²) in [5.74, 6) is 1.80. The molecule has 0 aromatic carbocycles. The molecular weight excluding hydrogens is 306 g/mol. The van der Waals surface area contributed by atoms with Crippen molar-refractivity contribution in [2.75, 3.05) is 13.2 Å². The topological polar surface area (TPSA) is 81.0 Å². The first-order valence-electron chi connectivity index (χ1n) is 8.25. The number of fused-ring (bicyclic) bond motifs is 1. The van der Waals surface area contributed by atoms with Crippen molar-refractivity contribution in [3.05, 3.63) is 48.3 Å². The van der Waals surface area contributed by atoms with Crippen molar-refractivity contribution in [3.8, 4) is 11.5 Å². The van der Waals surface area contributed by atoms with E-state index in [1.165, 1.54) is 5.69 Å². The Balaban J connectivity index is 1.54. The Hall–Kier alpha value is -2.38. The lowest BCUT2D eigenvalue weighted by Gasteiger charge is -2.15. The summed E-state index contributed by atoms with van der Waals surface area (Å²) in [7, 11) is 0. The number of aromatic nitrogens is 4. The van der Waals surface area contributed by atoms with Gasteiger partial charge >= 0.3 is 0 Å². The molecule has 4 rings (SSSR count). The molecule has 0 saturated carbocycles. The third-order valence-corrected chi connectivity index (χ3v) is 4.40. The van der Waals surface area contributed by atoms with E-state index in [1.54, 1.807) is 12.5 Å². The maximum Gasteiger partial charge on any atom is 0.160 e. The van der Waals surface area contributed by atoms with Crippen LogP contribution in [0.4, 0.5) is 0 Å². The smallest absolute Gasteiger partial charge is 0.160 e. The molecule has 0 bridgehead atoms. The summed E-state index contributed by atoms with van der Waals surface area (Å²) in [5.41, 5.74) is 2.06. The van der Waals surface area contributed by atoms with E-state index in [4.69, 9.17) is 4.42 Å². The van der Waals surface area contributed by atoms with Gasteiger partial charge < -0.3 is 19.4 Å². The fourth-order valence-corrected chi connectivity index (χ4v) is 3.17. The van der Waals surface area contributed by atoms with Gasteiger partial charge in [0.2, 0.25) is 0 Å². The van der Waals surface area contributed by atoms with Crippen molar-refractivity contribution in [2.45, 2.75) is 26.1 Å². The minimum atomic E-state index is 0.0722. The number of nitrogens with one attached hydrogen (secondary N) is 1. The van der Waals surface area contributed by atoms with Gasteiger partial charge in [-0.15, -0.1) is 0 Å². The van der Waals surface area contributed by atoms with Crippen molar-refractivity contribution in [2.24, 2.45) is 5.92 Å². The lowest BCUT2D eigenvalue weighted by atomic mass is 10.0. The highest BCUT2D eigenvalue weighted by atomic mass is 16.3. The Morgan fingerprint density at radius 1 is 1.42 bits per heavy atom. The number of hydrogen-bond acceptors (Lipinski definition) is 5. The molecule has 7 heteroatoms. The lowest BCUT2D eigenvalue weighted by molar-refractivity contribution is 0.204. The second-order valence-electron chi connectivity index (χ2n) is 6.16. The molecule has 3 aromatic heterocycles. The molecule has 3 aromatic rings. The van der Waals surface area contributed by atoms with Crippen molar-refractivity contribution >= 4 is 0 Å². The third kappa shape index (κ3) is 3.00. The summed E-state index contributed by atoms with van der Waals surface area (Å²) in [5, 5.41) is 17.7. The molecule has 0 fully saturated rings. The van der Waals surface area contributed by atoms with Crippen LogP contribution in [0.25, 0.3) is 11.5 Å². The standard InChI is InChI=1S/C17H21N5O2/c23-12-13(8-15-2-1-7-24-15)11-21-5-4-19-17(21)16-9-14-10-18-3-6-22(14)20-16/h1-2,4-5,7,9,13,18,23H,3,6,8,10-12H2/t13-/m0/s1. The molecule has 0 radical (unpaired) electrons. The van der Waals surface area contributed by atoms with E-state index in [0.29, 0.717) is 13.0 Å². The van der Waals surface area contributed by atoms with Crippen molar-refractivity contribution in [1.82, 2.24) is 24.6 Å². The molecule has 0 unspecified atom stereocenters. The van der Waals surface area contributed by atoms with Crippen molar-refractivity contribution in [3.63, 3.8) is 0 Å². The van der Waals surface area contributed by atoms with E-state index in [9.17, 15) is 5.11 Å². The fraction of sp³-hybridized carbons (Fsp3) is 0.412. The summed E-state index contributed by atoms with van der Waals surface area (Å²) >= 11 is 0. The number of imidazole rings is 1. The van der Waals surface area contributed by atoms with Gasteiger partial charge in [0.1, 0.15) is 11.5 Å². The van der Waals surface area contributed by atoms with Crippen LogP contribution in [0, 0.1) is 5.92 Å². The minimum absolute atomic E-state index is 0.0722. The maximum atomic E-state index is 9.71. The SMILES string of the molecule is OC[C@@H](Cc1ccco1)Cn1ccnc1-c1cc2n(n1)CCNC2. The van der Waals surface area contributed by atoms with E-state index < -0.39 is 0 Å². The van der Waals surface area contributed by atoms with Gasteiger partial charge in [0, 0.05) is 51.0 Å². The van der Waals surface area contributed by atoms with Gasteiger partial charge in [0.15, 0.2) is 5.82 Å². The number of furan rings is 1. The molecule has 1 aliphatic heterocycles. The van der Waals surface area contributed by atoms with Gasteiger partial charge in [-0.2, -0.15) is 5.10 Å². The van der Waals surface area contributed by atoms with Crippen LogP contribution < -0.4 is 5.32 Å². The normalized spacial score (nSPS) is 15.4. The lowest BCUT2D eigenvalue weighted by Crippen LogP contribution is -2.28. The number of rotatable bonds is 6. The predicted octanol–water partition coefficient (Wildman–Crippen LogP) is 1.29. The van der Waals surface area contributed by atoms with Gasteiger partial charge in [-0.3, -0.25) is 4.68 Å². The number of aliphatic hydroxyl groups excluding tert-OH is 1. The Labute approximate surface area is 139 Å². The minimum Gasteiger partial charge on any atom is -0.469 e. The third-order valence-electron chi connectivity index (χ3n) is 4.40. The summed E-state index contributed by atoms with van der Waals surface area (Å²) in [4.78, 5) is 4.48. The van der Waals surface area contributed by atoms with Crippen molar-refractivity contribution < 1.29 is 9.52 Å². The van der Waals surface area contributed by atoms with Crippen LogP contribution in [0.1, 0.15) is 11.5 Å². The van der Waals surface area contributed by atoms with Crippen LogP contribution in [-0.2, 0) is 26.1 Å². The van der Waals surface area contributed by atoms with Crippen molar-refractivity contribution in [1.29, 1.82) is 0 Å². The molecule has 24 heavy (non-hydrogen) atoms. The molecule has 126 valence electrons. The molecule has 0 aliphatic carbocycles. The summed E-state index contributed by atoms with van der Waals surface area (Å²) in [6.45, 7) is 3.44. The van der Waals surface area contributed by atoms with E-state index in [1.807, 2.05) is 23.0 Å². The van der Waals surface area contributed by atoms with Gasteiger partial charge in [0.25, 0.3) is 0 Å². The molecule has 1 atom stereocenters. The largest absolute Gasteiger partial charge is 0.469 e. The first-order chi connectivity index (χ1) is 11.8. The van der Waals surface area contributed by atoms with Gasteiger partial charge in [0.05, 0.1) is 18.5 Å². The molecular formula is C17H21N5O2. The second-order valence-corrected chi connectivity index (χ2v) is 6.16. The first kappa shape index (κ1) is 15.2. The highest BCUT2D eigenvalue weighted by molar-refractivity contribution is 5.50. The van der Waals surface area contributed by atoms with E-state index in [0.717, 1.165) is 36.9 Å². The number of aliphatic hydroxyl groups is 1. The molecule has 0 amide bonds. The Morgan fingerprint density at radius 2 is 2.38 bits per heavy atom. The zero-order valence-corrected chi connectivity index (χ0v) is 13.4. The van der Waals surface area contributed by atoms with Crippen LogP contribution >= 0.6 is 0 Å². The Bertz CT molecular complexity index is 766. The second kappa shape index (κ2) is 6.62. The highest BCUT2D eigenvalue weighted by Crippen LogP contribution is 2.21. The maximum absolute atomic E-state index is 9.71. The predicted molar refractivity (Wildman–Crippen MR) is 88.1 cm³/mol. The molecule has 1 aliphatic rings. The summed E-state index contributed by atoms with van der Waals surface area (Å²) < 4.78 is 9.50. The Kier molecular flexibility index (Phi) is 4.18. The van der Waals surface area contributed by atoms with Gasteiger partial charge in [-0.1, -0.05) is 0 Å². The summed E-state index contributed by atoms with van der Waals surface area (Å²) in [6, 6.07) is 5.90. The van der Waals surface area contributed by atoms with Crippen LogP contribution in [0.3, 0.4) is 0 Å². The number of hydrogen-bond donors (Lipinski definition) is 2. The molecule has 0 spiro atoms. The monoisotopic (exact) mass is 327 g/mol. The van der Waals surface area contributed by atoms with Crippen LogP contribution in [-0.4, -0.2) is 37.6 Å². The van der Waals surface area contributed by atoms with Crippen LogP contribution in [0.2, 0.25) is 0 Å². The highest BCUT2D eigenvalue weighted by Gasteiger charge is 2.18. The molecule has 0 saturated heterocycles. The van der Waals surface area contributed by atoms with E-state index in [2.05, 4.69) is 26.0 Å². The average molecular weight is 327 g/mol. The fourth-order valence-electron chi connectivity index (χ4n) is 3.17. The first-order valence-corrected chi connectivity index (χ1v) is 8.25. The van der Waals surface area contributed by atoms with E-state index >= 15 is 0 Å². The zero-order chi connectivity index (χ0) is 16.4. The Morgan fingerprint density at radius 3 is 3.17 bits per heavy atom. The van der Waals surface area contributed by atoms with Crippen LogP contribution in [0.15, 0.2) is 41.3 Å². The quantitative estimate of drug-likeness (QED) is 0.713. The number of nitrogens with zero attached hydrogens (tertiary/aromatic N) is 4. The molecule has 7 nitrogen and oxygen atoms in total. The molecule has 4 heterocycles. The zero-order valence-electron chi connectivity index (χ0n) is 13.4. The van der Waals surface area contributed by atoms with Crippen LogP contribution in [0.5, 0.6) is 0 Å². The van der Waals surface area contributed by atoms with E-state index in [-0.39, 0.29) is 12.5 Å². The summed E-state index contributed by atoms with van der Waals surface area (Å²) in [6.07, 6.45) is 6.09. The molecule has 2 N–H and O–H groups in total.